The summed E-state index contributed by atoms with van der Waals surface area (Å²) in [5.74, 6) is 0.675. The van der Waals surface area contributed by atoms with Gasteiger partial charge in [0, 0.05) is 6.04 Å². The molecular formula is C16H18ClNO. The summed E-state index contributed by atoms with van der Waals surface area (Å²) in [5.41, 5.74) is 9.81. The van der Waals surface area contributed by atoms with Crippen molar-refractivity contribution in [1.29, 1.82) is 0 Å². The van der Waals surface area contributed by atoms with Crippen LogP contribution in [0.3, 0.4) is 0 Å². The van der Waals surface area contributed by atoms with E-state index in [2.05, 4.69) is 19.1 Å². The van der Waals surface area contributed by atoms with Crippen molar-refractivity contribution >= 4 is 11.6 Å². The number of aryl methyl sites for hydroxylation is 1. The van der Waals surface area contributed by atoms with Crippen molar-refractivity contribution in [3.8, 4) is 5.75 Å². The van der Waals surface area contributed by atoms with E-state index in [1.165, 1.54) is 11.1 Å². The Balaban J connectivity index is 2.18. The van der Waals surface area contributed by atoms with Gasteiger partial charge >= 0.3 is 0 Å². The predicted molar refractivity (Wildman–Crippen MR) is 79.8 cm³/mol. The van der Waals surface area contributed by atoms with Crippen LogP contribution in [0, 0.1) is 6.92 Å². The van der Waals surface area contributed by atoms with E-state index < -0.39 is 0 Å². The third-order valence-corrected chi connectivity index (χ3v) is 3.60. The molecule has 2 rings (SSSR count). The maximum atomic E-state index is 6.26. The average Bonchev–Trinajstić information content (AvgIpc) is 2.41. The number of nitrogens with two attached hydrogens (primary N) is 1. The minimum absolute atomic E-state index is 0.0653. The minimum Gasteiger partial charge on any atom is -0.495 e. The number of ether oxygens (including phenoxy) is 1. The zero-order valence-electron chi connectivity index (χ0n) is 11.2. The highest BCUT2D eigenvalue weighted by Gasteiger charge is 2.11. The zero-order chi connectivity index (χ0) is 13.8. The molecule has 0 saturated heterocycles. The van der Waals surface area contributed by atoms with Crippen molar-refractivity contribution in [3.05, 3.63) is 64.2 Å². The topological polar surface area (TPSA) is 35.2 Å². The molecule has 19 heavy (non-hydrogen) atoms. The van der Waals surface area contributed by atoms with Crippen molar-refractivity contribution < 1.29 is 4.74 Å². The number of methoxy groups -OCH3 is 1. The summed E-state index contributed by atoms with van der Waals surface area (Å²) in [6.07, 6.45) is 0.801. The molecule has 1 unspecified atom stereocenters. The molecule has 1 atom stereocenters. The number of rotatable bonds is 4. The van der Waals surface area contributed by atoms with Crippen LogP contribution in [0.2, 0.25) is 5.02 Å². The lowest BCUT2D eigenvalue weighted by Crippen LogP contribution is -2.14. The molecule has 0 amide bonds. The van der Waals surface area contributed by atoms with Crippen LogP contribution in [0.25, 0.3) is 0 Å². The molecule has 2 N–H and O–H groups in total. The molecule has 0 aliphatic rings. The van der Waals surface area contributed by atoms with Gasteiger partial charge in [-0.05, 0) is 42.2 Å². The highest BCUT2D eigenvalue weighted by Crippen LogP contribution is 2.28. The van der Waals surface area contributed by atoms with Gasteiger partial charge in [0.15, 0.2) is 0 Å². The summed E-state index contributed by atoms with van der Waals surface area (Å²) in [5, 5.41) is 0.597. The highest BCUT2D eigenvalue weighted by atomic mass is 35.5. The molecular weight excluding hydrogens is 258 g/mol. The fourth-order valence-electron chi connectivity index (χ4n) is 2.11. The molecule has 0 radical (unpaired) electrons. The van der Waals surface area contributed by atoms with Crippen LogP contribution in [-0.2, 0) is 6.42 Å². The second-order valence-electron chi connectivity index (χ2n) is 4.63. The van der Waals surface area contributed by atoms with Crippen LogP contribution >= 0.6 is 11.6 Å². The summed E-state index contributed by atoms with van der Waals surface area (Å²) < 4.78 is 5.14. The maximum Gasteiger partial charge on any atom is 0.137 e. The Labute approximate surface area is 119 Å². The van der Waals surface area contributed by atoms with Gasteiger partial charge < -0.3 is 10.5 Å². The molecule has 3 heteroatoms. The van der Waals surface area contributed by atoms with Crippen LogP contribution in [0.15, 0.2) is 42.5 Å². The van der Waals surface area contributed by atoms with Gasteiger partial charge in [-0.1, -0.05) is 41.9 Å². The molecule has 2 nitrogen and oxygen atoms in total. The first-order valence-corrected chi connectivity index (χ1v) is 6.63. The van der Waals surface area contributed by atoms with Crippen molar-refractivity contribution in [2.75, 3.05) is 7.11 Å². The van der Waals surface area contributed by atoms with E-state index in [1.54, 1.807) is 7.11 Å². The summed E-state index contributed by atoms with van der Waals surface area (Å²) >= 11 is 6.13. The predicted octanol–water partition coefficient (Wildman–Crippen LogP) is 3.90. The largest absolute Gasteiger partial charge is 0.495 e. The minimum atomic E-state index is -0.0653. The molecule has 100 valence electrons. The lowest BCUT2D eigenvalue weighted by molar-refractivity contribution is 0.414. The third kappa shape index (κ3) is 3.28. The molecule has 0 aliphatic carbocycles. The van der Waals surface area contributed by atoms with E-state index in [1.807, 2.05) is 30.3 Å². The van der Waals surface area contributed by atoms with Gasteiger partial charge in [-0.25, -0.2) is 0 Å². The SMILES string of the molecule is COc1ccc(C(N)Cc2ccccc2C)cc1Cl. The Morgan fingerprint density at radius 2 is 1.95 bits per heavy atom. The van der Waals surface area contributed by atoms with Crippen molar-refractivity contribution in [3.63, 3.8) is 0 Å². The molecule has 0 aliphatic heterocycles. The standard InChI is InChI=1S/C16H18ClNO/c1-11-5-3-4-6-12(11)10-15(18)13-7-8-16(19-2)14(17)9-13/h3-9,15H,10,18H2,1-2H3. The Morgan fingerprint density at radius 1 is 1.21 bits per heavy atom. The molecule has 0 saturated carbocycles. The summed E-state index contributed by atoms with van der Waals surface area (Å²) in [6.45, 7) is 2.10. The van der Waals surface area contributed by atoms with Gasteiger partial charge in [0.25, 0.3) is 0 Å². The molecule has 2 aromatic carbocycles. The van der Waals surface area contributed by atoms with E-state index >= 15 is 0 Å². The number of hydrogen-bond donors (Lipinski definition) is 1. The molecule has 0 spiro atoms. The van der Waals surface area contributed by atoms with Gasteiger partial charge in [-0.15, -0.1) is 0 Å². The fraction of sp³-hybridized carbons (Fsp3) is 0.250. The Kier molecular flexibility index (Phi) is 4.46. The first-order chi connectivity index (χ1) is 9.11. The van der Waals surface area contributed by atoms with Crippen LogP contribution in [0.4, 0.5) is 0 Å². The Morgan fingerprint density at radius 3 is 2.58 bits per heavy atom. The van der Waals surface area contributed by atoms with Crippen LogP contribution in [0.1, 0.15) is 22.7 Å². The normalized spacial score (nSPS) is 12.2. The highest BCUT2D eigenvalue weighted by molar-refractivity contribution is 6.32. The van der Waals surface area contributed by atoms with E-state index in [0.717, 1.165) is 12.0 Å². The Hall–Kier alpha value is -1.51. The lowest BCUT2D eigenvalue weighted by Gasteiger charge is -2.15. The van der Waals surface area contributed by atoms with Gasteiger partial charge in [-0.2, -0.15) is 0 Å². The van der Waals surface area contributed by atoms with Gasteiger partial charge in [-0.3, -0.25) is 0 Å². The first-order valence-electron chi connectivity index (χ1n) is 6.25. The molecule has 0 fully saturated rings. The van der Waals surface area contributed by atoms with Gasteiger partial charge in [0.1, 0.15) is 5.75 Å². The quantitative estimate of drug-likeness (QED) is 0.918. The van der Waals surface area contributed by atoms with Crippen LogP contribution in [0.5, 0.6) is 5.75 Å². The van der Waals surface area contributed by atoms with Gasteiger partial charge in [0.05, 0.1) is 12.1 Å². The Bertz CT molecular complexity index is 568. The maximum absolute atomic E-state index is 6.26. The lowest BCUT2D eigenvalue weighted by atomic mass is 9.97. The fourth-order valence-corrected chi connectivity index (χ4v) is 2.37. The number of hydrogen-bond acceptors (Lipinski definition) is 2. The third-order valence-electron chi connectivity index (χ3n) is 3.31. The van der Waals surface area contributed by atoms with E-state index in [9.17, 15) is 0 Å². The number of benzene rings is 2. The van der Waals surface area contributed by atoms with Crippen molar-refractivity contribution in [1.82, 2.24) is 0 Å². The average molecular weight is 276 g/mol. The van der Waals surface area contributed by atoms with Gasteiger partial charge in [0.2, 0.25) is 0 Å². The van der Waals surface area contributed by atoms with Crippen molar-refractivity contribution in [2.24, 2.45) is 5.73 Å². The molecule has 0 heterocycles. The second kappa shape index (κ2) is 6.09. The van der Waals surface area contributed by atoms with E-state index in [-0.39, 0.29) is 6.04 Å². The molecule has 2 aromatic rings. The zero-order valence-corrected chi connectivity index (χ0v) is 11.9. The summed E-state index contributed by atoms with van der Waals surface area (Å²) in [7, 11) is 1.61. The van der Waals surface area contributed by atoms with Crippen molar-refractivity contribution in [2.45, 2.75) is 19.4 Å². The van der Waals surface area contributed by atoms with E-state index in [4.69, 9.17) is 22.1 Å². The number of halogens is 1. The second-order valence-corrected chi connectivity index (χ2v) is 5.04. The monoisotopic (exact) mass is 275 g/mol. The summed E-state index contributed by atoms with van der Waals surface area (Å²) in [6, 6.07) is 13.9. The smallest absolute Gasteiger partial charge is 0.137 e. The first kappa shape index (κ1) is 13.9. The van der Waals surface area contributed by atoms with Crippen LogP contribution < -0.4 is 10.5 Å². The van der Waals surface area contributed by atoms with Crippen LogP contribution in [-0.4, -0.2) is 7.11 Å². The van der Waals surface area contributed by atoms with E-state index in [0.29, 0.717) is 10.8 Å². The summed E-state index contributed by atoms with van der Waals surface area (Å²) in [4.78, 5) is 0. The molecule has 0 aromatic heterocycles. The molecule has 0 bridgehead atoms.